The van der Waals surface area contributed by atoms with Gasteiger partial charge in [0, 0.05) is 5.02 Å². The van der Waals surface area contributed by atoms with Gasteiger partial charge in [0.25, 0.3) is 0 Å². The Kier molecular flexibility index (Phi) is 5.23. The molecule has 0 atom stereocenters. The van der Waals surface area contributed by atoms with Crippen molar-refractivity contribution in [3.63, 3.8) is 0 Å². The largest absolute Gasteiger partial charge is 0.323 e. The van der Waals surface area contributed by atoms with Crippen LogP contribution in [0.15, 0.2) is 66.1 Å². The van der Waals surface area contributed by atoms with Gasteiger partial charge in [0.15, 0.2) is 5.65 Å². The normalized spacial score (nSPS) is 10.9. The summed E-state index contributed by atoms with van der Waals surface area (Å²) in [6.45, 7) is 0. The molecule has 0 unspecified atom stereocenters. The van der Waals surface area contributed by atoms with E-state index in [1.807, 2.05) is 30.3 Å². The number of rotatable bonds is 5. The predicted molar refractivity (Wildman–Crippen MR) is 107 cm³/mol. The van der Waals surface area contributed by atoms with Crippen LogP contribution in [0.2, 0.25) is 5.02 Å². The van der Waals surface area contributed by atoms with Crippen molar-refractivity contribution < 1.29 is 9.18 Å². The van der Waals surface area contributed by atoms with Crippen molar-refractivity contribution in [2.75, 3.05) is 11.1 Å². The van der Waals surface area contributed by atoms with Gasteiger partial charge in [-0.05, 0) is 30.3 Å². The quantitative estimate of drug-likeness (QED) is 0.389. The molecule has 140 valence electrons. The summed E-state index contributed by atoms with van der Waals surface area (Å²) in [5, 5.41) is 8.59. The van der Waals surface area contributed by atoms with E-state index in [4.69, 9.17) is 11.6 Å². The third-order valence-electron chi connectivity index (χ3n) is 3.87. The van der Waals surface area contributed by atoms with Crippen LogP contribution in [0.4, 0.5) is 10.1 Å². The Morgan fingerprint density at radius 2 is 2.00 bits per heavy atom. The number of nitrogens with zero attached hydrogens (tertiary/aromatic N) is 4. The van der Waals surface area contributed by atoms with Gasteiger partial charge in [0.1, 0.15) is 17.2 Å². The first-order chi connectivity index (χ1) is 13.6. The topological polar surface area (TPSA) is 72.7 Å². The third-order valence-corrected chi connectivity index (χ3v) is 5.11. The van der Waals surface area contributed by atoms with Gasteiger partial charge in [-0.15, -0.1) is 0 Å². The highest BCUT2D eigenvalue weighted by Gasteiger charge is 2.14. The van der Waals surface area contributed by atoms with Crippen LogP contribution >= 0.6 is 23.4 Å². The fourth-order valence-electron chi connectivity index (χ4n) is 2.61. The lowest BCUT2D eigenvalue weighted by Gasteiger charge is -2.07. The van der Waals surface area contributed by atoms with Crippen molar-refractivity contribution in [3.8, 4) is 5.69 Å². The molecular weight excluding hydrogens is 401 g/mol. The van der Waals surface area contributed by atoms with Crippen LogP contribution in [0.1, 0.15) is 0 Å². The minimum atomic E-state index is -0.545. The number of aromatic nitrogens is 4. The van der Waals surface area contributed by atoms with Crippen molar-refractivity contribution in [2.45, 2.75) is 5.03 Å². The number of hydrogen-bond donors (Lipinski definition) is 1. The van der Waals surface area contributed by atoms with Crippen LogP contribution in [-0.4, -0.2) is 31.4 Å². The lowest BCUT2D eigenvalue weighted by Crippen LogP contribution is -2.15. The smallest absolute Gasteiger partial charge is 0.234 e. The van der Waals surface area contributed by atoms with Gasteiger partial charge in [-0.2, -0.15) is 5.10 Å². The number of nitrogens with one attached hydrogen (secondary N) is 1. The Labute approximate surface area is 168 Å². The van der Waals surface area contributed by atoms with E-state index < -0.39 is 5.82 Å². The number of amides is 1. The summed E-state index contributed by atoms with van der Waals surface area (Å²) in [5.74, 6) is -0.862. The average molecular weight is 414 g/mol. The lowest BCUT2D eigenvalue weighted by atomic mass is 10.3. The summed E-state index contributed by atoms with van der Waals surface area (Å²) in [6.07, 6.45) is 3.10. The molecule has 2 heterocycles. The summed E-state index contributed by atoms with van der Waals surface area (Å²) in [7, 11) is 0. The van der Waals surface area contributed by atoms with Gasteiger partial charge >= 0.3 is 0 Å². The van der Waals surface area contributed by atoms with Crippen LogP contribution in [-0.2, 0) is 4.79 Å². The summed E-state index contributed by atoms with van der Waals surface area (Å²) < 4.78 is 15.5. The molecule has 4 rings (SSSR count). The van der Waals surface area contributed by atoms with Crippen LogP contribution in [0.3, 0.4) is 0 Å². The van der Waals surface area contributed by atoms with Crippen molar-refractivity contribution in [2.24, 2.45) is 0 Å². The number of fused-ring (bicyclic) bond motifs is 1. The Morgan fingerprint density at radius 1 is 1.18 bits per heavy atom. The molecule has 0 saturated heterocycles. The van der Waals surface area contributed by atoms with Gasteiger partial charge in [-0.1, -0.05) is 41.6 Å². The minimum absolute atomic E-state index is 0.0443. The van der Waals surface area contributed by atoms with Gasteiger partial charge < -0.3 is 5.32 Å². The van der Waals surface area contributed by atoms with Crippen LogP contribution in [0, 0.1) is 5.82 Å². The van der Waals surface area contributed by atoms with E-state index in [0.717, 1.165) is 11.1 Å². The molecule has 9 heteroatoms. The van der Waals surface area contributed by atoms with Gasteiger partial charge in [-0.3, -0.25) is 4.79 Å². The van der Waals surface area contributed by atoms with Gasteiger partial charge in [0.05, 0.1) is 28.7 Å². The summed E-state index contributed by atoms with van der Waals surface area (Å²) in [6, 6.07) is 13.6. The van der Waals surface area contributed by atoms with E-state index in [-0.39, 0.29) is 17.3 Å². The highest BCUT2D eigenvalue weighted by atomic mass is 35.5. The first-order valence-electron chi connectivity index (χ1n) is 8.23. The first kappa shape index (κ1) is 18.4. The van der Waals surface area contributed by atoms with Crippen LogP contribution < -0.4 is 5.32 Å². The number of halogens is 2. The van der Waals surface area contributed by atoms with Crippen molar-refractivity contribution in [1.29, 1.82) is 0 Å². The summed E-state index contributed by atoms with van der Waals surface area (Å²) in [5.41, 5.74) is 1.56. The monoisotopic (exact) mass is 413 g/mol. The van der Waals surface area contributed by atoms with E-state index in [0.29, 0.717) is 15.7 Å². The molecule has 0 bridgehead atoms. The second-order valence-corrected chi connectivity index (χ2v) is 7.17. The van der Waals surface area contributed by atoms with Gasteiger partial charge in [-0.25, -0.2) is 19.0 Å². The average Bonchev–Trinajstić information content (AvgIpc) is 3.14. The molecular formula is C19H13ClFN5OS. The molecule has 6 nitrogen and oxygen atoms in total. The van der Waals surface area contributed by atoms with E-state index in [9.17, 15) is 9.18 Å². The zero-order chi connectivity index (χ0) is 19.5. The molecule has 0 saturated carbocycles. The molecule has 0 fully saturated rings. The van der Waals surface area contributed by atoms with Crippen LogP contribution in [0.25, 0.3) is 16.7 Å². The maximum atomic E-state index is 13.8. The third kappa shape index (κ3) is 3.83. The Hall–Kier alpha value is -2.97. The Balaban J connectivity index is 1.52. The van der Waals surface area contributed by atoms with E-state index in [1.165, 1.54) is 36.3 Å². The maximum absolute atomic E-state index is 13.8. The molecule has 2 aromatic carbocycles. The van der Waals surface area contributed by atoms with E-state index in [2.05, 4.69) is 20.4 Å². The predicted octanol–water partition coefficient (Wildman–Crippen LogP) is 4.34. The molecule has 1 amide bonds. The standard InChI is InChI=1S/C19H13ClFN5OS/c20-12-6-7-15(21)16(8-12)25-17(27)10-28-19-14-9-24-26(18(14)22-11-23-19)13-4-2-1-3-5-13/h1-9,11H,10H2,(H,25,27). The second kappa shape index (κ2) is 7.95. The number of hydrogen-bond acceptors (Lipinski definition) is 5. The molecule has 2 aromatic heterocycles. The molecule has 0 spiro atoms. The zero-order valence-corrected chi connectivity index (χ0v) is 15.9. The highest BCUT2D eigenvalue weighted by molar-refractivity contribution is 8.00. The Bertz CT molecular complexity index is 1150. The van der Waals surface area contributed by atoms with Crippen molar-refractivity contribution in [3.05, 3.63) is 71.9 Å². The number of benzene rings is 2. The first-order valence-corrected chi connectivity index (χ1v) is 9.60. The number of carbonyl (C=O) groups is 1. The van der Waals surface area contributed by atoms with Crippen molar-refractivity contribution >= 4 is 46.0 Å². The molecule has 28 heavy (non-hydrogen) atoms. The molecule has 0 aliphatic rings. The molecule has 0 aliphatic heterocycles. The SMILES string of the molecule is O=C(CSc1ncnc2c1cnn2-c1ccccc1)Nc1cc(Cl)ccc1F. The molecule has 1 N–H and O–H groups in total. The second-order valence-electron chi connectivity index (χ2n) is 5.77. The maximum Gasteiger partial charge on any atom is 0.234 e. The fourth-order valence-corrected chi connectivity index (χ4v) is 3.54. The number of para-hydroxylation sites is 1. The number of anilines is 1. The highest BCUT2D eigenvalue weighted by Crippen LogP contribution is 2.26. The zero-order valence-electron chi connectivity index (χ0n) is 14.3. The number of carbonyl (C=O) groups excluding carboxylic acids is 1. The summed E-state index contributed by atoms with van der Waals surface area (Å²) in [4.78, 5) is 20.8. The molecule has 0 radical (unpaired) electrons. The van der Waals surface area contributed by atoms with E-state index in [1.54, 1.807) is 10.9 Å². The lowest BCUT2D eigenvalue weighted by molar-refractivity contribution is -0.113. The van der Waals surface area contributed by atoms with Gasteiger partial charge in [0.2, 0.25) is 5.91 Å². The minimum Gasteiger partial charge on any atom is -0.323 e. The molecule has 0 aliphatic carbocycles. The van der Waals surface area contributed by atoms with Crippen molar-refractivity contribution in [1.82, 2.24) is 19.7 Å². The fraction of sp³-hybridized carbons (Fsp3) is 0.0526. The van der Waals surface area contributed by atoms with E-state index >= 15 is 0 Å². The molecule has 4 aromatic rings. The van der Waals surface area contributed by atoms with Crippen LogP contribution in [0.5, 0.6) is 0 Å². The summed E-state index contributed by atoms with van der Waals surface area (Å²) >= 11 is 7.07. The Morgan fingerprint density at radius 3 is 2.82 bits per heavy atom. The number of thioether (sulfide) groups is 1.